The SMILES string of the molecule is O=C1CCCCCCCCC(Br)(Br)C(Br)(Br)C1(Br)Br. The van der Waals surface area contributed by atoms with Crippen LogP contribution in [-0.2, 0) is 4.79 Å². The normalized spacial score (nSPS) is 28.2. The maximum absolute atomic E-state index is 12.5. The molecule has 0 bridgehead atoms. The lowest BCUT2D eigenvalue weighted by Gasteiger charge is -2.42. The largest absolute Gasteiger partial charge is 0.297 e. The van der Waals surface area contributed by atoms with Crippen molar-refractivity contribution in [1.29, 1.82) is 0 Å². The molecule has 0 heterocycles. The minimum Gasteiger partial charge on any atom is -0.297 e. The molecule has 0 aliphatic heterocycles. The summed E-state index contributed by atoms with van der Waals surface area (Å²) >= 11 is 21.9. The van der Waals surface area contributed by atoms with Crippen molar-refractivity contribution in [3.05, 3.63) is 0 Å². The molecule has 0 radical (unpaired) electrons. The molecule has 0 aromatic heterocycles. The van der Waals surface area contributed by atoms with Crippen molar-refractivity contribution in [3.8, 4) is 0 Å². The van der Waals surface area contributed by atoms with Crippen molar-refractivity contribution in [2.24, 2.45) is 0 Å². The van der Waals surface area contributed by atoms with Gasteiger partial charge < -0.3 is 0 Å². The number of carbonyl (C=O) groups excluding carboxylic acids is 1. The van der Waals surface area contributed by atoms with E-state index in [-0.39, 0.29) is 5.78 Å². The Bertz CT molecular complexity index is 326. The van der Waals surface area contributed by atoms with Gasteiger partial charge in [-0.3, -0.25) is 4.79 Å². The van der Waals surface area contributed by atoms with Gasteiger partial charge in [-0.1, -0.05) is 128 Å². The van der Waals surface area contributed by atoms with E-state index in [1.807, 2.05) is 0 Å². The molecule has 0 amide bonds. The molecule has 1 saturated carbocycles. The summed E-state index contributed by atoms with van der Waals surface area (Å²) in [5.74, 6) is 0.144. The molecule has 112 valence electrons. The highest BCUT2D eigenvalue weighted by atomic mass is 79.9. The molecule has 0 aromatic carbocycles. The molecular weight excluding hydrogens is 640 g/mol. The van der Waals surface area contributed by atoms with Gasteiger partial charge >= 0.3 is 0 Å². The number of carbonyl (C=O) groups is 1. The minimum atomic E-state index is -0.862. The Hall–Kier alpha value is 2.55. The fourth-order valence-electron chi connectivity index (χ4n) is 2.06. The molecule has 1 nitrogen and oxygen atoms in total. The van der Waals surface area contributed by atoms with Gasteiger partial charge in [-0.25, -0.2) is 0 Å². The molecular formula is C12H16Br6O. The van der Waals surface area contributed by atoms with Crippen molar-refractivity contribution in [3.63, 3.8) is 0 Å². The van der Waals surface area contributed by atoms with Crippen LogP contribution in [0.3, 0.4) is 0 Å². The van der Waals surface area contributed by atoms with Crippen molar-refractivity contribution >= 4 is 101 Å². The van der Waals surface area contributed by atoms with E-state index in [0.717, 1.165) is 25.7 Å². The standard InChI is InChI=1S/C12H16Br6O/c13-10(14)8-6-4-2-1-3-5-7-9(19)11(15,16)12(10,17)18/h1-8H2. The maximum atomic E-state index is 12.5. The molecule has 19 heavy (non-hydrogen) atoms. The van der Waals surface area contributed by atoms with Gasteiger partial charge in [-0.15, -0.1) is 0 Å². The average Bonchev–Trinajstić information content (AvgIpc) is 2.30. The number of Topliss-reactive ketones (excluding diaryl/α,β-unsaturated/α-hetero) is 1. The summed E-state index contributed by atoms with van der Waals surface area (Å²) in [5, 5.41) is 0. The van der Waals surface area contributed by atoms with Crippen LogP contribution in [0.2, 0.25) is 0 Å². The highest BCUT2D eigenvalue weighted by Crippen LogP contribution is 2.62. The maximum Gasteiger partial charge on any atom is 0.165 e. The Morgan fingerprint density at radius 3 is 1.79 bits per heavy atom. The molecule has 0 aromatic rings. The Morgan fingerprint density at radius 1 is 0.737 bits per heavy atom. The van der Waals surface area contributed by atoms with E-state index in [0.29, 0.717) is 6.42 Å². The van der Waals surface area contributed by atoms with Crippen molar-refractivity contribution in [2.45, 2.75) is 61.1 Å². The van der Waals surface area contributed by atoms with Crippen LogP contribution in [0, 0.1) is 0 Å². The summed E-state index contributed by atoms with van der Waals surface area (Å²) in [6, 6.07) is 0. The highest BCUT2D eigenvalue weighted by molar-refractivity contribution is 9.33. The van der Waals surface area contributed by atoms with Crippen LogP contribution in [0.5, 0.6) is 0 Å². The lowest BCUT2D eigenvalue weighted by Crippen LogP contribution is -2.52. The Balaban J connectivity index is 3.00. The predicted molar refractivity (Wildman–Crippen MR) is 104 cm³/mol. The van der Waals surface area contributed by atoms with E-state index in [1.165, 1.54) is 19.3 Å². The van der Waals surface area contributed by atoms with Gasteiger partial charge in [-0.05, 0) is 12.8 Å². The highest BCUT2D eigenvalue weighted by Gasteiger charge is 2.60. The van der Waals surface area contributed by atoms with E-state index in [1.54, 1.807) is 0 Å². The third-order valence-corrected chi connectivity index (χ3v) is 14.2. The summed E-state index contributed by atoms with van der Waals surface area (Å²) in [4.78, 5) is 12.5. The molecule has 0 atom stereocenters. The van der Waals surface area contributed by atoms with E-state index >= 15 is 0 Å². The fraction of sp³-hybridized carbons (Fsp3) is 0.917. The third-order valence-electron chi connectivity index (χ3n) is 3.35. The average molecular weight is 656 g/mol. The second kappa shape index (κ2) is 7.89. The molecule has 1 rings (SSSR count). The van der Waals surface area contributed by atoms with E-state index < -0.39 is 9.70 Å². The van der Waals surface area contributed by atoms with Crippen molar-refractivity contribution in [1.82, 2.24) is 0 Å². The van der Waals surface area contributed by atoms with Crippen LogP contribution in [-0.4, -0.2) is 15.5 Å². The van der Waals surface area contributed by atoms with Crippen LogP contribution in [0.1, 0.15) is 51.4 Å². The Kier molecular flexibility index (Phi) is 8.14. The number of alkyl halides is 6. The Labute approximate surface area is 165 Å². The second-order valence-corrected chi connectivity index (χ2v) is 15.6. The smallest absolute Gasteiger partial charge is 0.165 e. The summed E-state index contributed by atoms with van der Waals surface area (Å²) in [7, 11) is 0. The minimum absolute atomic E-state index is 0.144. The second-order valence-electron chi connectivity index (χ2n) is 4.90. The van der Waals surface area contributed by atoms with Gasteiger partial charge in [-0.2, -0.15) is 0 Å². The number of hydrogen-bond acceptors (Lipinski definition) is 1. The molecule has 0 unspecified atom stereocenters. The van der Waals surface area contributed by atoms with E-state index in [4.69, 9.17) is 0 Å². The first-order chi connectivity index (χ1) is 8.63. The quantitative estimate of drug-likeness (QED) is 0.254. The molecule has 0 spiro atoms. The van der Waals surface area contributed by atoms with Gasteiger partial charge in [0.15, 0.2) is 9.02 Å². The van der Waals surface area contributed by atoms with E-state index in [9.17, 15) is 4.79 Å². The zero-order valence-electron chi connectivity index (χ0n) is 10.3. The molecule has 1 fully saturated rings. The van der Waals surface area contributed by atoms with Crippen LogP contribution in [0.4, 0.5) is 0 Å². The molecule has 0 N–H and O–H groups in total. The van der Waals surface area contributed by atoms with Gasteiger partial charge in [0.1, 0.15) is 6.47 Å². The first kappa shape index (κ1) is 19.6. The lowest BCUT2D eigenvalue weighted by atomic mass is 10.00. The lowest BCUT2D eigenvalue weighted by molar-refractivity contribution is -0.119. The summed E-state index contributed by atoms with van der Waals surface area (Å²) in [6.45, 7) is 0. The van der Waals surface area contributed by atoms with Crippen LogP contribution in [0.15, 0.2) is 0 Å². The fourth-order valence-corrected chi connectivity index (χ4v) is 6.19. The summed E-state index contributed by atoms with van der Waals surface area (Å²) in [6.07, 6.45) is 8.37. The van der Waals surface area contributed by atoms with Gasteiger partial charge in [0.25, 0.3) is 0 Å². The summed E-state index contributed by atoms with van der Waals surface area (Å²) in [5.41, 5.74) is 0. The molecule has 1 aliphatic carbocycles. The van der Waals surface area contributed by atoms with Crippen LogP contribution < -0.4 is 0 Å². The molecule has 7 heteroatoms. The predicted octanol–water partition coefficient (Wildman–Crippen LogP) is 7.15. The molecule has 1 aliphatic rings. The van der Waals surface area contributed by atoms with Crippen molar-refractivity contribution in [2.75, 3.05) is 0 Å². The Morgan fingerprint density at radius 2 is 1.21 bits per heavy atom. The van der Waals surface area contributed by atoms with Crippen molar-refractivity contribution < 1.29 is 4.79 Å². The van der Waals surface area contributed by atoms with Gasteiger partial charge in [0.2, 0.25) is 0 Å². The third kappa shape index (κ3) is 4.76. The van der Waals surface area contributed by atoms with Gasteiger partial charge in [0.05, 0.1) is 0 Å². The topological polar surface area (TPSA) is 17.1 Å². The monoisotopic (exact) mass is 650 g/mol. The number of halogens is 6. The first-order valence-corrected chi connectivity index (χ1v) is 11.1. The zero-order chi connectivity index (χ0) is 14.7. The van der Waals surface area contributed by atoms with Gasteiger partial charge in [0, 0.05) is 6.42 Å². The summed E-state index contributed by atoms with van der Waals surface area (Å²) < 4.78 is -1.95. The number of rotatable bonds is 0. The van der Waals surface area contributed by atoms with E-state index in [2.05, 4.69) is 95.6 Å². The zero-order valence-corrected chi connectivity index (χ0v) is 19.8. The number of ketones is 1. The molecule has 0 saturated heterocycles. The first-order valence-electron chi connectivity index (χ1n) is 6.30. The van der Waals surface area contributed by atoms with Crippen LogP contribution in [0.25, 0.3) is 0 Å². The van der Waals surface area contributed by atoms with Crippen LogP contribution >= 0.6 is 95.6 Å². The number of hydrogen-bond donors (Lipinski definition) is 0.